The number of nitrogens with zero attached hydrogens (tertiary/aromatic N) is 1. The topological polar surface area (TPSA) is 79.7 Å². The van der Waals surface area contributed by atoms with Crippen molar-refractivity contribution in [2.24, 2.45) is 0 Å². The normalized spacial score (nSPS) is 14.2. The van der Waals surface area contributed by atoms with Gasteiger partial charge < -0.3 is 14.9 Å². The Hall–Kier alpha value is -0.820. The highest BCUT2D eigenvalue weighted by atomic mass is 35.5. The smallest absolute Gasteiger partial charge is 0.341 e. The summed E-state index contributed by atoms with van der Waals surface area (Å²) in [5.74, 6) is -0.575. The first kappa shape index (κ1) is 14.2. The summed E-state index contributed by atoms with van der Waals surface area (Å²) < 4.78 is 4.52. The molecule has 1 heterocycles. The van der Waals surface area contributed by atoms with E-state index in [0.29, 0.717) is 0 Å². The molecule has 0 spiro atoms. The van der Waals surface area contributed by atoms with E-state index in [2.05, 4.69) is 22.3 Å². The van der Waals surface area contributed by atoms with Crippen LogP contribution in [0.25, 0.3) is 0 Å². The number of rotatable bonds is 4. The summed E-state index contributed by atoms with van der Waals surface area (Å²) in [4.78, 5) is 15.1. The van der Waals surface area contributed by atoms with Crippen molar-refractivity contribution in [1.82, 2.24) is 4.98 Å². The third-order valence-corrected chi connectivity index (χ3v) is 2.83. The standard InChI is InChI=1S/C10H12ClNO4S/c1-16-10(15)6-2-5(3-12-9(6)11)8(14)7(13)4-17/h2-3,7-8,13-14,17H,4H2,1H3. The first-order valence-corrected chi connectivity index (χ1v) is 5.73. The molecule has 1 rings (SSSR count). The predicted molar refractivity (Wildman–Crippen MR) is 65.4 cm³/mol. The van der Waals surface area contributed by atoms with E-state index >= 15 is 0 Å². The fourth-order valence-corrected chi connectivity index (χ4v) is 1.58. The second-order valence-corrected chi connectivity index (χ2v) is 4.02. The van der Waals surface area contributed by atoms with E-state index in [1.54, 1.807) is 0 Å². The van der Waals surface area contributed by atoms with E-state index in [0.717, 1.165) is 0 Å². The van der Waals surface area contributed by atoms with Gasteiger partial charge in [0.05, 0.1) is 18.8 Å². The highest BCUT2D eigenvalue weighted by Crippen LogP contribution is 2.22. The number of aliphatic hydroxyl groups is 2. The molecular weight excluding hydrogens is 266 g/mol. The van der Waals surface area contributed by atoms with Crippen LogP contribution in [0.3, 0.4) is 0 Å². The summed E-state index contributed by atoms with van der Waals surface area (Å²) in [6.07, 6.45) is -0.945. The maximum Gasteiger partial charge on any atom is 0.341 e. The van der Waals surface area contributed by atoms with Crippen molar-refractivity contribution in [3.05, 3.63) is 28.5 Å². The van der Waals surface area contributed by atoms with Crippen molar-refractivity contribution >= 4 is 30.2 Å². The molecule has 0 aliphatic rings. The minimum absolute atomic E-state index is 0.0202. The van der Waals surface area contributed by atoms with Crippen LogP contribution in [0.2, 0.25) is 5.15 Å². The Bertz CT molecular complexity index is 415. The number of carbonyl (C=O) groups excluding carboxylic acids is 1. The monoisotopic (exact) mass is 277 g/mol. The van der Waals surface area contributed by atoms with Crippen molar-refractivity contribution in [2.75, 3.05) is 12.9 Å². The quantitative estimate of drug-likeness (QED) is 0.432. The fourth-order valence-electron chi connectivity index (χ4n) is 1.20. The highest BCUT2D eigenvalue weighted by molar-refractivity contribution is 7.80. The number of hydrogen-bond acceptors (Lipinski definition) is 6. The molecule has 1 aromatic rings. The number of esters is 1. The van der Waals surface area contributed by atoms with E-state index in [9.17, 15) is 15.0 Å². The minimum Gasteiger partial charge on any atom is -0.465 e. The molecule has 2 atom stereocenters. The third-order valence-electron chi connectivity index (χ3n) is 2.16. The molecule has 1 aromatic heterocycles. The van der Waals surface area contributed by atoms with Crippen LogP contribution in [0, 0.1) is 0 Å². The van der Waals surface area contributed by atoms with Gasteiger partial charge in [-0.05, 0) is 6.07 Å². The lowest BCUT2D eigenvalue weighted by Gasteiger charge is -2.16. The van der Waals surface area contributed by atoms with Crippen LogP contribution < -0.4 is 0 Å². The molecule has 0 saturated carbocycles. The van der Waals surface area contributed by atoms with E-state index in [1.165, 1.54) is 19.4 Å². The lowest BCUT2D eigenvalue weighted by atomic mass is 10.1. The van der Waals surface area contributed by atoms with E-state index in [4.69, 9.17) is 11.6 Å². The average molecular weight is 278 g/mol. The molecule has 94 valence electrons. The van der Waals surface area contributed by atoms with Gasteiger partial charge in [-0.3, -0.25) is 0 Å². The predicted octanol–water partition coefficient (Wildman–Crippen LogP) is 0.846. The Morgan fingerprint density at radius 3 is 2.82 bits per heavy atom. The van der Waals surface area contributed by atoms with Gasteiger partial charge in [-0.15, -0.1) is 0 Å². The van der Waals surface area contributed by atoms with Gasteiger partial charge >= 0.3 is 5.97 Å². The zero-order valence-corrected chi connectivity index (χ0v) is 10.7. The molecule has 0 saturated heterocycles. The molecule has 2 unspecified atom stereocenters. The summed E-state index contributed by atoms with van der Waals surface area (Å²) in [6, 6.07) is 1.33. The van der Waals surface area contributed by atoms with Crippen LogP contribution in [0.15, 0.2) is 12.3 Å². The maximum atomic E-state index is 11.3. The summed E-state index contributed by atoms with van der Waals surface area (Å²) in [6.45, 7) is 0. The Labute approximate surface area is 109 Å². The fraction of sp³-hybridized carbons (Fsp3) is 0.400. The van der Waals surface area contributed by atoms with Gasteiger partial charge in [0, 0.05) is 17.5 Å². The van der Waals surface area contributed by atoms with Crippen LogP contribution in [-0.2, 0) is 4.74 Å². The van der Waals surface area contributed by atoms with E-state index in [-0.39, 0.29) is 22.0 Å². The van der Waals surface area contributed by atoms with Crippen LogP contribution in [-0.4, -0.2) is 40.1 Å². The summed E-state index contributed by atoms with van der Waals surface area (Å²) in [7, 11) is 1.21. The second kappa shape index (κ2) is 6.20. The van der Waals surface area contributed by atoms with Crippen molar-refractivity contribution < 1.29 is 19.7 Å². The van der Waals surface area contributed by atoms with Gasteiger partial charge in [-0.25, -0.2) is 9.78 Å². The van der Waals surface area contributed by atoms with Crippen molar-refractivity contribution in [2.45, 2.75) is 12.2 Å². The van der Waals surface area contributed by atoms with Crippen molar-refractivity contribution in [3.8, 4) is 0 Å². The molecule has 0 amide bonds. The molecule has 0 aliphatic carbocycles. The van der Waals surface area contributed by atoms with Crippen LogP contribution in [0.1, 0.15) is 22.0 Å². The zero-order valence-electron chi connectivity index (χ0n) is 9.00. The number of pyridine rings is 1. The van der Waals surface area contributed by atoms with E-state index in [1.807, 2.05) is 0 Å². The number of carbonyl (C=O) groups is 1. The van der Waals surface area contributed by atoms with Crippen LogP contribution in [0.5, 0.6) is 0 Å². The third kappa shape index (κ3) is 3.32. The molecule has 17 heavy (non-hydrogen) atoms. The van der Waals surface area contributed by atoms with Gasteiger partial charge in [0.15, 0.2) is 0 Å². The lowest BCUT2D eigenvalue weighted by molar-refractivity contribution is 0.0333. The molecule has 2 N–H and O–H groups in total. The SMILES string of the molecule is COC(=O)c1cc(C(O)C(O)CS)cnc1Cl. The highest BCUT2D eigenvalue weighted by Gasteiger charge is 2.20. The lowest BCUT2D eigenvalue weighted by Crippen LogP contribution is -2.20. The van der Waals surface area contributed by atoms with Gasteiger partial charge in [-0.2, -0.15) is 12.6 Å². The van der Waals surface area contributed by atoms with Gasteiger partial charge in [-0.1, -0.05) is 11.6 Å². The first-order valence-electron chi connectivity index (χ1n) is 4.72. The second-order valence-electron chi connectivity index (χ2n) is 3.29. The Balaban J connectivity index is 3.08. The largest absolute Gasteiger partial charge is 0.465 e. The van der Waals surface area contributed by atoms with E-state index < -0.39 is 18.2 Å². The average Bonchev–Trinajstić information content (AvgIpc) is 2.36. The minimum atomic E-state index is -1.18. The van der Waals surface area contributed by atoms with Gasteiger partial charge in [0.1, 0.15) is 11.3 Å². The Morgan fingerprint density at radius 1 is 1.65 bits per heavy atom. The molecule has 0 fully saturated rings. The number of halogens is 1. The molecule has 0 bridgehead atoms. The van der Waals surface area contributed by atoms with Gasteiger partial charge in [0.25, 0.3) is 0 Å². The van der Waals surface area contributed by atoms with Crippen LogP contribution in [0.4, 0.5) is 0 Å². The number of methoxy groups -OCH3 is 1. The Morgan fingerprint density at radius 2 is 2.29 bits per heavy atom. The number of hydrogen-bond donors (Lipinski definition) is 3. The first-order chi connectivity index (χ1) is 8.01. The molecule has 0 aliphatic heterocycles. The van der Waals surface area contributed by atoms with Crippen LogP contribution >= 0.6 is 24.2 Å². The molecule has 7 heteroatoms. The molecule has 0 radical (unpaired) electrons. The number of ether oxygens (including phenoxy) is 1. The summed E-state index contributed by atoms with van der Waals surface area (Å²) >= 11 is 9.58. The number of aliphatic hydroxyl groups excluding tert-OH is 2. The van der Waals surface area contributed by atoms with Gasteiger partial charge in [0.2, 0.25) is 0 Å². The molecule has 5 nitrogen and oxygen atoms in total. The van der Waals surface area contributed by atoms with Crippen molar-refractivity contribution in [1.29, 1.82) is 0 Å². The maximum absolute atomic E-state index is 11.3. The molecule has 0 aromatic carbocycles. The van der Waals surface area contributed by atoms with Crippen molar-refractivity contribution in [3.63, 3.8) is 0 Å². The molecular formula is C10H12ClNO4S. The Kier molecular flexibility index (Phi) is 5.20. The number of thiol groups is 1. The summed E-state index contributed by atoms with van der Waals surface area (Å²) in [5.41, 5.74) is 0.313. The zero-order chi connectivity index (χ0) is 13.0. The number of aromatic nitrogens is 1. The summed E-state index contributed by atoms with van der Waals surface area (Å²) in [5, 5.41) is 19.1.